The second-order valence-corrected chi connectivity index (χ2v) is 12.3. The lowest BCUT2D eigenvalue weighted by atomic mass is 10.0. The van der Waals surface area contributed by atoms with E-state index in [9.17, 15) is 14.4 Å². The molecule has 1 amide bonds. The Morgan fingerprint density at radius 2 is 1.95 bits per heavy atom. The molecule has 4 heterocycles. The van der Waals surface area contributed by atoms with Gasteiger partial charge in [0.25, 0.3) is 5.91 Å². The molecule has 9 nitrogen and oxygen atoms in total. The van der Waals surface area contributed by atoms with Crippen LogP contribution in [0.1, 0.15) is 36.9 Å². The van der Waals surface area contributed by atoms with E-state index in [4.69, 9.17) is 26.3 Å². The largest absolute Gasteiger partial charge is 0.462 e. The zero-order chi connectivity index (χ0) is 30.8. The number of amides is 1. The van der Waals surface area contributed by atoms with Gasteiger partial charge in [0, 0.05) is 48.9 Å². The topological polar surface area (TPSA) is 88.8 Å². The molecule has 44 heavy (non-hydrogen) atoms. The van der Waals surface area contributed by atoms with Crippen LogP contribution in [0.3, 0.4) is 0 Å². The second kappa shape index (κ2) is 13.0. The molecule has 3 aliphatic rings. The fraction of sp³-hybridized carbons (Fsp3) is 0.455. The molecule has 0 aliphatic carbocycles. The lowest BCUT2D eigenvalue weighted by molar-refractivity contribution is -0.129. The van der Waals surface area contributed by atoms with Gasteiger partial charge >= 0.3 is 6.01 Å². The van der Waals surface area contributed by atoms with E-state index in [1.54, 1.807) is 0 Å². The summed E-state index contributed by atoms with van der Waals surface area (Å²) in [4.78, 5) is 30.5. The van der Waals surface area contributed by atoms with Crippen LogP contribution in [0.2, 0.25) is 5.02 Å². The van der Waals surface area contributed by atoms with Crippen molar-refractivity contribution in [3.05, 3.63) is 65.1 Å². The highest BCUT2D eigenvalue weighted by Crippen LogP contribution is 2.37. The number of likely N-dealkylation sites (tertiary alicyclic amines) is 1. The third kappa shape index (κ3) is 6.04. The molecule has 0 N–H and O–H groups in total. The summed E-state index contributed by atoms with van der Waals surface area (Å²) in [6, 6.07) is 14.7. The number of nitrogens with zero attached hydrogens (tertiary/aromatic N) is 7. The van der Waals surface area contributed by atoms with E-state index < -0.39 is 11.7 Å². The average Bonchev–Trinajstić information content (AvgIpc) is 3.31. The summed E-state index contributed by atoms with van der Waals surface area (Å²) in [5, 5.41) is 12.5. The van der Waals surface area contributed by atoms with Crippen LogP contribution in [0.25, 0.3) is 10.8 Å². The Balaban J connectivity index is 1.38. The Bertz CT molecular complexity index is 1610. The molecule has 0 radical (unpaired) electrons. The van der Waals surface area contributed by atoms with Crippen LogP contribution in [0.15, 0.2) is 48.8 Å². The fourth-order valence-corrected chi connectivity index (χ4v) is 7.05. The number of nitriles is 1. The highest BCUT2D eigenvalue weighted by Gasteiger charge is 2.35. The minimum absolute atomic E-state index is 0.158. The smallest absolute Gasteiger partial charge is 0.318 e. The molecular weight excluding hydrogens is 581 g/mol. The summed E-state index contributed by atoms with van der Waals surface area (Å²) < 4.78 is 20.1. The van der Waals surface area contributed by atoms with E-state index in [-0.39, 0.29) is 19.0 Å². The van der Waals surface area contributed by atoms with Gasteiger partial charge in [-0.3, -0.25) is 4.79 Å². The Labute approximate surface area is 262 Å². The minimum Gasteiger partial charge on any atom is -0.462 e. The van der Waals surface area contributed by atoms with Gasteiger partial charge in [-0.05, 0) is 56.8 Å². The van der Waals surface area contributed by atoms with E-state index in [0.29, 0.717) is 43.3 Å². The molecule has 2 atom stereocenters. The van der Waals surface area contributed by atoms with Crippen LogP contribution in [0.4, 0.5) is 15.9 Å². The van der Waals surface area contributed by atoms with Crippen LogP contribution >= 0.6 is 11.6 Å². The van der Waals surface area contributed by atoms with Crippen LogP contribution in [0.5, 0.6) is 6.01 Å². The number of hydrogen-bond donors (Lipinski definition) is 0. The number of halogens is 2. The van der Waals surface area contributed by atoms with Crippen molar-refractivity contribution in [2.24, 2.45) is 0 Å². The fourth-order valence-electron chi connectivity index (χ4n) is 6.77. The molecule has 0 saturated carbocycles. The van der Waals surface area contributed by atoms with Gasteiger partial charge in [-0.1, -0.05) is 42.4 Å². The number of benzene rings is 2. The summed E-state index contributed by atoms with van der Waals surface area (Å²) >= 11 is 6.72. The van der Waals surface area contributed by atoms with E-state index in [1.807, 2.05) is 12.1 Å². The summed E-state index contributed by atoms with van der Waals surface area (Å²) in [5.74, 6) is -0.997. The van der Waals surface area contributed by atoms with Crippen LogP contribution in [0, 0.1) is 11.3 Å². The van der Waals surface area contributed by atoms with E-state index in [2.05, 4.69) is 58.7 Å². The van der Waals surface area contributed by atoms with Crippen molar-refractivity contribution in [2.75, 3.05) is 56.2 Å². The number of rotatable bonds is 7. The van der Waals surface area contributed by atoms with Gasteiger partial charge < -0.3 is 24.3 Å². The van der Waals surface area contributed by atoms with E-state index in [0.717, 1.165) is 72.3 Å². The molecule has 3 aromatic rings. The number of fused-ring (bicyclic) bond motifs is 2. The number of piperazine rings is 1. The van der Waals surface area contributed by atoms with E-state index >= 15 is 0 Å². The maximum atomic E-state index is 13.8. The van der Waals surface area contributed by atoms with E-state index in [1.165, 1.54) is 4.90 Å². The van der Waals surface area contributed by atoms with Crippen LogP contribution in [-0.4, -0.2) is 84.1 Å². The van der Waals surface area contributed by atoms with Gasteiger partial charge in [-0.25, -0.2) is 4.39 Å². The van der Waals surface area contributed by atoms with Crippen molar-refractivity contribution < 1.29 is 13.9 Å². The Kier molecular flexibility index (Phi) is 8.87. The van der Waals surface area contributed by atoms with Gasteiger partial charge in [0.2, 0.25) is 0 Å². The number of carbonyl (C=O) groups excluding carboxylic acids is 1. The summed E-state index contributed by atoms with van der Waals surface area (Å²) in [6.45, 7) is 6.95. The number of anilines is 2. The molecule has 1 aromatic heterocycles. The van der Waals surface area contributed by atoms with Gasteiger partial charge in [-0.15, -0.1) is 0 Å². The standard InChI is InChI=1S/C33H37ClFN7O2/c1-22(35)32(43)41-17-18-42(24(19-41)13-14-36)31-26-10-6-16-40(29-12-4-8-23-7-3-11-27(34)30(23)29)20-28(26)37-33(38-31)44-21-25-9-5-15-39(25)2/h3-4,7-8,11-12,24-25H,1,5-6,9-10,13,15-21H2,2H3/t24-,25-/m0/s1. The van der Waals surface area contributed by atoms with Crippen molar-refractivity contribution in [3.8, 4) is 12.1 Å². The highest BCUT2D eigenvalue weighted by molar-refractivity contribution is 6.36. The maximum absolute atomic E-state index is 13.8. The van der Waals surface area contributed by atoms with Gasteiger partial charge in [-0.2, -0.15) is 15.2 Å². The SMILES string of the molecule is C=C(F)C(=O)N1CCN(c2nc(OC[C@@H]3CCCN3C)nc3c2CCCN(c2cccc4cccc(Cl)c24)C3)[C@@H](CC#N)C1. The first-order valence-electron chi connectivity index (χ1n) is 15.3. The number of likely N-dealkylation sites (N-methyl/N-ethyl adjacent to an activating group) is 1. The minimum atomic E-state index is -0.994. The number of ether oxygens (including phenoxy) is 1. The summed E-state index contributed by atoms with van der Waals surface area (Å²) in [6.07, 6.45) is 3.95. The van der Waals surface area contributed by atoms with Crippen LogP contribution < -0.4 is 14.5 Å². The predicted molar refractivity (Wildman–Crippen MR) is 170 cm³/mol. The first-order valence-corrected chi connectivity index (χ1v) is 15.6. The molecule has 0 bridgehead atoms. The average molecular weight is 618 g/mol. The molecule has 3 aliphatic heterocycles. The second-order valence-electron chi connectivity index (χ2n) is 11.8. The molecule has 6 rings (SSSR count). The quantitative estimate of drug-likeness (QED) is 0.338. The highest BCUT2D eigenvalue weighted by atomic mass is 35.5. The Hall–Kier alpha value is -3.94. The normalized spacial score (nSPS) is 20.7. The van der Waals surface area contributed by atoms with Gasteiger partial charge in [0.15, 0.2) is 5.83 Å². The number of hydrogen-bond acceptors (Lipinski definition) is 8. The number of carbonyl (C=O) groups is 1. The number of aromatic nitrogens is 2. The monoisotopic (exact) mass is 617 g/mol. The lowest BCUT2D eigenvalue weighted by Gasteiger charge is -2.42. The first-order chi connectivity index (χ1) is 21.3. The Morgan fingerprint density at radius 3 is 2.70 bits per heavy atom. The lowest BCUT2D eigenvalue weighted by Crippen LogP contribution is -2.55. The van der Waals surface area contributed by atoms with Crippen molar-refractivity contribution in [1.29, 1.82) is 5.26 Å². The summed E-state index contributed by atoms with van der Waals surface area (Å²) in [5.41, 5.74) is 2.94. The maximum Gasteiger partial charge on any atom is 0.318 e. The van der Waals surface area contributed by atoms with Gasteiger partial charge in [0.1, 0.15) is 12.4 Å². The zero-order valence-electron chi connectivity index (χ0n) is 25.0. The first kappa shape index (κ1) is 30.1. The molecule has 2 saturated heterocycles. The molecule has 11 heteroatoms. The molecule has 0 unspecified atom stereocenters. The molecular formula is C33H37ClFN7O2. The Morgan fingerprint density at radius 1 is 1.14 bits per heavy atom. The summed E-state index contributed by atoms with van der Waals surface area (Å²) in [7, 11) is 2.11. The third-order valence-corrected chi connectivity index (χ3v) is 9.41. The molecule has 2 fully saturated rings. The van der Waals surface area contributed by atoms with Crippen molar-refractivity contribution in [3.63, 3.8) is 0 Å². The zero-order valence-corrected chi connectivity index (χ0v) is 25.8. The van der Waals surface area contributed by atoms with Crippen LogP contribution in [-0.2, 0) is 17.8 Å². The van der Waals surface area contributed by atoms with Crippen molar-refractivity contribution in [1.82, 2.24) is 19.8 Å². The van der Waals surface area contributed by atoms with Crippen molar-refractivity contribution in [2.45, 2.75) is 50.7 Å². The van der Waals surface area contributed by atoms with Crippen molar-refractivity contribution >= 4 is 39.8 Å². The predicted octanol–water partition coefficient (Wildman–Crippen LogP) is 5.12. The van der Waals surface area contributed by atoms with Gasteiger partial charge in [0.05, 0.1) is 35.8 Å². The molecule has 0 spiro atoms. The third-order valence-electron chi connectivity index (χ3n) is 9.10. The molecule has 230 valence electrons. The molecule has 2 aromatic carbocycles.